The first-order chi connectivity index (χ1) is 21.6. The van der Waals surface area contributed by atoms with E-state index in [1.165, 1.54) is 11.3 Å². The van der Waals surface area contributed by atoms with E-state index in [4.69, 9.17) is 20.6 Å². The Morgan fingerprint density at radius 3 is 2.69 bits per heavy atom. The molecule has 5 rings (SSSR count). The van der Waals surface area contributed by atoms with Crippen molar-refractivity contribution in [2.75, 3.05) is 11.9 Å². The molecule has 2 heterocycles. The molecule has 4 atom stereocenters. The third-order valence-corrected chi connectivity index (χ3v) is 9.14. The maximum absolute atomic E-state index is 13.2. The van der Waals surface area contributed by atoms with Crippen molar-refractivity contribution in [1.29, 1.82) is 0 Å². The number of primary amides is 1. The number of hydrogen-bond acceptors (Lipinski definition) is 8. The predicted octanol–water partition coefficient (Wildman–Crippen LogP) is 5.94. The molecule has 2 fully saturated rings. The average Bonchev–Trinajstić information content (AvgIpc) is 3.40. The highest BCUT2D eigenvalue weighted by molar-refractivity contribution is 7.14. The minimum Gasteiger partial charge on any atom is -0.508 e. The second-order valence-electron chi connectivity index (χ2n) is 12.4. The van der Waals surface area contributed by atoms with Gasteiger partial charge < -0.3 is 30.9 Å². The molecule has 1 aliphatic carbocycles. The van der Waals surface area contributed by atoms with Crippen LogP contribution in [0.15, 0.2) is 47.9 Å². The Labute approximate surface area is 267 Å². The zero-order valence-electron chi connectivity index (χ0n) is 25.8. The first kappa shape index (κ1) is 32.3. The van der Waals surface area contributed by atoms with E-state index >= 15 is 0 Å². The molecule has 0 bridgehead atoms. The Hall–Kier alpha value is -4.12. The lowest BCUT2D eigenvalue weighted by Crippen LogP contribution is -2.43. The Balaban J connectivity index is 1.18. The number of amides is 2. The van der Waals surface area contributed by atoms with Gasteiger partial charge >= 0.3 is 5.97 Å². The van der Waals surface area contributed by atoms with Crippen molar-refractivity contribution in [3.8, 4) is 22.8 Å². The van der Waals surface area contributed by atoms with Gasteiger partial charge in [-0.1, -0.05) is 25.0 Å². The highest BCUT2D eigenvalue weighted by Crippen LogP contribution is 2.40. The van der Waals surface area contributed by atoms with Crippen molar-refractivity contribution in [1.82, 2.24) is 9.88 Å². The van der Waals surface area contributed by atoms with Gasteiger partial charge in [0.05, 0.1) is 18.2 Å². The standard InChI is InChI=1S/C34H42N4O6S/c1-20(2)36-34-37-28(19-45-34)23-13-22-14-24(39)11-12-26(22)30(16-23)44-25-17-29(32(35)41)38(18-25)31(40)10-8-6-4-3-5-7-9-21-15-27(21)33(42)43/h7,9,11-14,16,19-21,25,27,29,39H,3-6,8,10,15,17-18H2,1-2H3,(H2,35,41)(H,36,37)(H,42,43)/b9-7-/t21?,25-,27?,29?/m1/s1. The lowest BCUT2D eigenvalue weighted by Gasteiger charge is -2.22. The second-order valence-corrected chi connectivity index (χ2v) is 13.2. The van der Waals surface area contributed by atoms with Crippen molar-refractivity contribution in [2.24, 2.45) is 17.6 Å². The monoisotopic (exact) mass is 634 g/mol. The number of carbonyl (C=O) groups is 3. The summed E-state index contributed by atoms with van der Waals surface area (Å²) in [7, 11) is 0. The molecule has 3 aromatic rings. The van der Waals surface area contributed by atoms with Crippen LogP contribution in [0, 0.1) is 11.8 Å². The summed E-state index contributed by atoms with van der Waals surface area (Å²) >= 11 is 1.52. The third kappa shape index (κ3) is 8.33. The summed E-state index contributed by atoms with van der Waals surface area (Å²) in [5, 5.41) is 26.9. The number of aliphatic carboxylic acids is 1. The molecule has 10 nitrogen and oxygen atoms in total. The number of thiazole rings is 1. The molecule has 1 saturated carbocycles. The first-order valence-electron chi connectivity index (χ1n) is 15.7. The average molecular weight is 635 g/mol. The number of carboxylic acid groups (broad SMARTS) is 1. The number of nitrogens with two attached hydrogens (primary N) is 1. The number of likely N-dealkylation sites (tertiary alicyclic amines) is 1. The number of carboxylic acids is 1. The van der Waals surface area contributed by atoms with Gasteiger partial charge in [0.15, 0.2) is 5.13 Å². The van der Waals surface area contributed by atoms with Crippen LogP contribution in [0.2, 0.25) is 0 Å². The van der Waals surface area contributed by atoms with Gasteiger partial charge in [-0.15, -0.1) is 11.3 Å². The summed E-state index contributed by atoms with van der Waals surface area (Å²) in [5.41, 5.74) is 7.35. The van der Waals surface area contributed by atoms with E-state index in [2.05, 4.69) is 25.2 Å². The number of allylic oxidation sites excluding steroid dienone is 2. The number of hydrogen-bond donors (Lipinski definition) is 4. The van der Waals surface area contributed by atoms with Gasteiger partial charge in [-0.2, -0.15) is 0 Å². The van der Waals surface area contributed by atoms with Crippen LogP contribution in [0.4, 0.5) is 5.13 Å². The number of carbonyl (C=O) groups excluding carboxylic acids is 2. The van der Waals surface area contributed by atoms with Crippen LogP contribution in [0.3, 0.4) is 0 Å². The van der Waals surface area contributed by atoms with Crippen LogP contribution >= 0.6 is 11.3 Å². The minimum atomic E-state index is -0.730. The lowest BCUT2D eigenvalue weighted by atomic mass is 10.0. The quantitative estimate of drug-likeness (QED) is 0.118. The normalized spacial score (nSPS) is 21.1. The number of phenolic OH excluding ortho intramolecular Hbond substituents is 1. The molecule has 3 unspecified atom stereocenters. The molecule has 45 heavy (non-hydrogen) atoms. The molecule has 2 aromatic carbocycles. The molecule has 1 saturated heterocycles. The highest BCUT2D eigenvalue weighted by atomic mass is 32.1. The van der Waals surface area contributed by atoms with E-state index < -0.39 is 24.0 Å². The number of unbranched alkanes of at least 4 members (excludes halogenated alkanes) is 4. The molecule has 0 spiro atoms. The van der Waals surface area contributed by atoms with Crippen molar-refractivity contribution in [3.05, 3.63) is 47.9 Å². The third-order valence-electron chi connectivity index (χ3n) is 8.37. The predicted molar refractivity (Wildman–Crippen MR) is 175 cm³/mol. The number of rotatable bonds is 15. The zero-order valence-corrected chi connectivity index (χ0v) is 26.6. The molecule has 1 aromatic heterocycles. The SMILES string of the molecule is CC(C)Nc1nc(-c2cc(O[C@@H]3CC(C(N)=O)N(C(=O)CCCCCC/C=C\C4CC4C(=O)O)C3)c3ccc(O)cc3c2)cs1. The lowest BCUT2D eigenvalue weighted by molar-refractivity contribution is -0.138. The molecule has 2 aliphatic rings. The number of nitrogens with zero attached hydrogens (tertiary/aromatic N) is 2. The topological polar surface area (TPSA) is 155 Å². The summed E-state index contributed by atoms with van der Waals surface area (Å²) in [5.74, 6) is -0.664. The highest BCUT2D eigenvalue weighted by Gasteiger charge is 2.41. The van der Waals surface area contributed by atoms with Crippen LogP contribution in [-0.4, -0.2) is 62.6 Å². The number of aromatic nitrogens is 1. The Bertz CT molecular complexity index is 1570. The van der Waals surface area contributed by atoms with Gasteiger partial charge in [-0.05, 0) is 81.2 Å². The molecule has 5 N–H and O–H groups in total. The van der Waals surface area contributed by atoms with Gasteiger partial charge in [-0.3, -0.25) is 14.4 Å². The van der Waals surface area contributed by atoms with Crippen LogP contribution in [0.25, 0.3) is 22.0 Å². The summed E-state index contributed by atoms with van der Waals surface area (Å²) in [6.07, 6.45) is 9.52. The molecular formula is C34H42N4O6S. The molecule has 240 valence electrons. The minimum absolute atomic E-state index is 0.102. The fourth-order valence-corrected chi connectivity index (χ4v) is 6.78. The number of phenols is 1. The summed E-state index contributed by atoms with van der Waals surface area (Å²) in [4.78, 5) is 42.8. The van der Waals surface area contributed by atoms with Crippen molar-refractivity contribution < 1.29 is 29.3 Å². The summed E-state index contributed by atoms with van der Waals surface area (Å²) < 4.78 is 6.48. The Morgan fingerprint density at radius 2 is 1.96 bits per heavy atom. The number of nitrogens with one attached hydrogen (secondary N) is 1. The van der Waals surface area contributed by atoms with Crippen molar-refractivity contribution in [3.63, 3.8) is 0 Å². The summed E-state index contributed by atoms with van der Waals surface area (Å²) in [6.45, 7) is 4.37. The Kier molecular flexibility index (Phi) is 10.3. The van der Waals surface area contributed by atoms with E-state index in [0.29, 0.717) is 18.6 Å². The second kappa shape index (κ2) is 14.3. The number of ether oxygens (including phenoxy) is 1. The maximum Gasteiger partial charge on any atom is 0.307 e. The van der Waals surface area contributed by atoms with Gasteiger partial charge in [0.1, 0.15) is 23.6 Å². The maximum atomic E-state index is 13.2. The summed E-state index contributed by atoms with van der Waals surface area (Å²) in [6, 6.07) is 8.49. The van der Waals surface area contributed by atoms with Crippen LogP contribution in [0.5, 0.6) is 11.5 Å². The fraction of sp³-hybridized carbons (Fsp3) is 0.471. The van der Waals surface area contributed by atoms with E-state index in [1.807, 2.05) is 23.6 Å². The van der Waals surface area contributed by atoms with E-state index in [1.54, 1.807) is 23.1 Å². The van der Waals surface area contributed by atoms with Gasteiger partial charge in [0.25, 0.3) is 0 Å². The van der Waals surface area contributed by atoms with E-state index in [0.717, 1.165) is 65.7 Å². The zero-order chi connectivity index (χ0) is 32.1. The molecular weight excluding hydrogens is 592 g/mol. The number of anilines is 1. The van der Waals surface area contributed by atoms with Crippen LogP contribution < -0.4 is 15.8 Å². The van der Waals surface area contributed by atoms with E-state index in [-0.39, 0.29) is 36.1 Å². The van der Waals surface area contributed by atoms with Gasteiger partial charge in [-0.25, -0.2) is 4.98 Å². The van der Waals surface area contributed by atoms with Gasteiger partial charge in [0, 0.05) is 35.2 Å². The van der Waals surface area contributed by atoms with Crippen molar-refractivity contribution in [2.45, 2.75) is 83.4 Å². The van der Waals surface area contributed by atoms with E-state index in [9.17, 15) is 19.5 Å². The number of fused-ring (bicyclic) bond motifs is 1. The molecule has 2 amide bonds. The Morgan fingerprint density at radius 1 is 1.16 bits per heavy atom. The van der Waals surface area contributed by atoms with Crippen LogP contribution in [-0.2, 0) is 14.4 Å². The molecule has 11 heteroatoms. The van der Waals surface area contributed by atoms with Gasteiger partial charge in [0.2, 0.25) is 11.8 Å². The smallest absolute Gasteiger partial charge is 0.307 e. The largest absolute Gasteiger partial charge is 0.508 e. The van der Waals surface area contributed by atoms with Crippen LogP contribution in [0.1, 0.15) is 65.2 Å². The number of benzene rings is 2. The fourth-order valence-electron chi connectivity index (χ4n) is 5.91. The first-order valence-corrected chi connectivity index (χ1v) is 16.6. The van der Waals surface area contributed by atoms with Crippen molar-refractivity contribution >= 4 is 45.0 Å². The number of aromatic hydroxyl groups is 1. The molecule has 0 radical (unpaired) electrons. The molecule has 1 aliphatic heterocycles.